The minimum absolute atomic E-state index is 0.0126. The maximum atomic E-state index is 8.94. The van der Waals surface area contributed by atoms with Crippen LogP contribution in [0, 0.1) is 11.3 Å². The highest BCUT2D eigenvalue weighted by atomic mass is 32.1. The SMILES string of the molecule is CCCCCC(C#N)NCc1cccs1. The largest absolute Gasteiger partial charge is 0.297 e. The first-order chi connectivity index (χ1) is 7.36. The van der Waals surface area contributed by atoms with Gasteiger partial charge in [0.15, 0.2) is 0 Å². The van der Waals surface area contributed by atoms with E-state index in [1.54, 1.807) is 11.3 Å². The van der Waals surface area contributed by atoms with E-state index in [2.05, 4.69) is 29.8 Å². The summed E-state index contributed by atoms with van der Waals surface area (Å²) < 4.78 is 0. The van der Waals surface area contributed by atoms with Crippen molar-refractivity contribution in [3.8, 4) is 6.07 Å². The molecule has 1 N–H and O–H groups in total. The fourth-order valence-corrected chi connectivity index (χ4v) is 2.10. The van der Waals surface area contributed by atoms with Crippen molar-refractivity contribution >= 4 is 11.3 Å². The third-order valence-corrected chi connectivity index (χ3v) is 3.23. The summed E-state index contributed by atoms with van der Waals surface area (Å²) in [6, 6.07) is 6.47. The topological polar surface area (TPSA) is 35.8 Å². The minimum Gasteiger partial charge on any atom is -0.297 e. The highest BCUT2D eigenvalue weighted by molar-refractivity contribution is 7.09. The zero-order valence-corrected chi connectivity index (χ0v) is 10.0. The molecule has 0 fully saturated rings. The molecule has 1 heterocycles. The van der Waals surface area contributed by atoms with Gasteiger partial charge in [-0.1, -0.05) is 32.3 Å². The maximum Gasteiger partial charge on any atom is 0.0955 e. The summed E-state index contributed by atoms with van der Waals surface area (Å²) in [5, 5.41) is 14.3. The molecule has 1 rings (SSSR count). The van der Waals surface area contributed by atoms with Crippen molar-refractivity contribution in [2.45, 2.75) is 45.2 Å². The number of thiophene rings is 1. The summed E-state index contributed by atoms with van der Waals surface area (Å²) >= 11 is 1.73. The van der Waals surface area contributed by atoms with Crippen molar-refractivity contribution in [1.29, 1.82) is 5.26 Å². The Balaban J connectivity index is 2.20. The van der Waals surface area contributed by atoms with Gasteiger partial charge in [-0.15, -0.1) is 11.3 Å². The van der Waals surface area contributed by atoms with Crippen LogP contribution in [0.2, 0.25) is 0 Å². The summed E-state index contributed by atoms with van der Waals surface area (Å²) in [4.78, 5) is 1.30. The number of hydrogen-bond acceptors (Lipinski definition) is 3. The van der Waals surface area contributed by atoms with E-state index < -0.39 is 0 Å². The van der Waals surface area contributed by atoms with Crippen molar-refractivity contribution in [3.05, 3.63) is 22.4 Å². The van der Waals surface area contributed by atoms with Crippen LogP contribution >= 0.6 is 11.3 Å². The Kier molecular flexibility index (Phi) is 6.06. The third-order valence-electron chi connectivity index (χ3n) is 2.35. The van der Waals surface area contributed by atoms with Crippen LogP contribution in [0.4, 0.5) is 0 Å². The second-order valence-electron chi connectivity index (χ2n) is 3.64. The van der Waals surface area contributed by atoms with Crippen molar-refractivity contribution in [3.63, 3.8) is 0 Å². The van der Waals surface area contributed by atoms with Crippen LogP contribution in [0.3, 0.4) is 0 Å². The van der Waals surface area contributed by atoms with Gasteiger partial charge in [-0.3, -0.25) is 5.32 Å². The number of hydrogen-bond donors (Lipinski definition) is 1. The first-order valence-electron chi connectivity index (χ1n) is 5.52. The lowest BCUT2D eigenvalue weighted by Crippen LogP contribution is -2.26. The zero-order valence-electron chi connectivity index (χ0n) is 9.20. The van der Waals surface area contributed by atoms with Crippen LogP contribution in [0.15, 0.2) is 17.5 Å². The van der Waals surface area contributed by atoms with Gasteiger partial charge in [0, 0.05) is 11.4 Å². The van der Waals surface area contributed by atoms with Gasteiger partial charge in [0.25, 0.3) is 0 Å². The van der Waals surface area contributed by atoms with Gasteiger partial charge in [-0.2, -0.15) is 5.26 Å². The third kappa shape index (κ3) is 4.96. The maximum absolute atomic E-state index is 8.94. The number of rotatable bonds is 7. The smallest absolute Gasteiger partial charge is 0.0955 e. The molecule has 2 nitrogen and oxygen atoms in total. The molecule has 0 radical (unpaired) electrons. The Morgan fingerprint density at radius 3 is 3.00 bits per heavy atom. The van der Waals surface area contributed by atoms with Crippen LogP contribution in [0.25, 0.3) is 0 Å². The molecule has 82 valence electrons. The molecule has 0 aliphatic heterocycles. The molecule has 0 amide bonds. The lowest BCUT2D eigenvalue weighted by molar-refractivity contribution is 0.532. The lowest BCUT2D eigenvalue weighted by atomic mass is 10.1. The first kappa shape index (κ1) is 12.2. The van der Waals surface area contributed by atoms with Crippen LogP contribution in [0.5, 0.6) is 0 Å². The van der Waals surface area contributed by atoms with Gasteiger partial charge >= 0.3 is 0 Å². The van der Waals surface area contributed by atoms with E-state index in [0.717, 1.165) is 19.4 Å². The number of nitriles is 1. The van der Waals surface area contributed by atoms with Crippen LogP contribution in [-0.2, 0) is 6.54 Å². The van der Waals surface area contributed by atoms with Gasteiger partial charge in [0.05, 0.1) is 12.1 Å². The highest BCUT2D eigenvalue weighted by Crippen LogP contribution is 2.09. The molecule has 1 unspecified atom stereocenters. The van der Waals surface area contributed by atoms with Gasteiger partial charge in [0.2, 0.25) is 0 Å². The summed E-state index contributed by atoms with van der Waals surface area (Å²) in [5.74, 6) is 0. The number of unbranched alkanes of at least 4 members (excludes halogenated alkanes) is 2. The predicted octanol–water partition coefficient (Wildman–Crippen LogP) is 3.31. The lowest BCUT2D eigenvalue weighted by Gasteiger charge is -2.09. The van der Waals surface area contributed by atoms with Gasteiger partial charge in [0.1, 0.15) is 0 Å². The molecule has 0 saturated heterocycles. The average molecular weight is 222 g/mol. The second kappa shape index (κ2) is 7.44. The fourth-order valence-electron chi connectivity index (χ4n) is 1.45. The van der Waals surface area contributed by atoms with Crippen LogP contribution in [0.1, 0.15) is 37.5 Å². The molecule has 0 aliphatic rings. The van der Waals surface area contributed by atoms with Gasteiger partial charge < -0.3 is 0 Å². The Hall–Kier alpha value is -0.850. The predicted molar refractivity (Wildman–Crippen MR) is 64.7 cm³/mol. The molecule has 0 spiro atoms. The van der Waals surface area contributed by atoms with E-state index in [9.17, 15) is 0 Å². The normalized spacial score (nSPS) is 12.3. The van der Waals surface area contributed by atoms with Crippen molar-refractivity contribution < 1.29 is 0 Å². The van der Waals surface area contributed by atoms with Crippen molar-refractivity contribution in [1.82, 2.24) is 5.32 Å². The molecule has 0 bridgehead atoms. The van der Waals surface area contributed by atoms with E-state index in [1.807, 2.05) is 6.07 Å². The molecule has 3 heteroatoms. The molecule has 0 aromatic carbocycles. The molecule has 0 saturated carbocycles. The molecule has 1 atom stereocenters. The molecular weight excluding hydrogens is 204 g/mol. The van der Waals surface area contributed by atoms with Gasteiger partial charge in [-0.25, -0.2) is 0 Å². The zero-order chi connectivity index (χ0) is 10.9. The summed E-state index contributed by atoms with van der Waals surface area (Å²) in [5.41, 5.74) is 0. The number of nitrogens with one attached hydrogen (secondary N) is 1. The standard InChI is InChI=1S/C12H18N2S/c1-2-3-4-6-11(9-13)14-10-12-7-5-8-15-12/h5,7-8,11,14H,2-4,6,10H2,1H3. The van der Waals surface area contributed by atoms with E-state index in [-0.39, 0.29) is 6.04 Å². The minimum atomic E-state index is 0.0126. The molecular formula is C12H18N2S. The number of nitrogens with zero attached hydrogens (tertiary/aromatic N) is 1. The summed E-state index contributed by atoms with van der Waals surface area (Å²) in [7, 11) is 0. The summed E-state index contributed by atoms with van der Waals surface area (Å²) in [6.07, 6.45) is 4.55. The second-order valence-corrected chi connectivity index (χ2v) is 4.67. The Labute approximate surface area is 95.9 Å². The van der Waals surface area contributed by atoms with E-state index >= 15 is 0 Å². The molecule has 1 aromatic heterocycles. The Morgan fingerprint density at radius 1 is 1.53 bits per heavy atom. The summed E-state index contributed by atoms with van der Waals surface area (Å²) in [6.45, 7) is 3.00. The Morgan fingerprint density at radius 2 is 2.40 bits per heavy atom. The van der Waals surface area contributed by atoms with E-state index in [0.29, 0.717) is 0 Å². The van der Waals surface area contributed by atoms with Gasteiger partial charge in [-0.05, 0) is 17.9 Å². The quantitative estimate of drug-likeness (QED) is 0.718. The Bertz CT molecular complexity index is 287. The highest BCUT2D eigenvalue weighted by Gasteiger charge is 2.05. The monoisotopic (exact) mass is 222 g/mol. The molecule has 15 heavy (non-hydrogen) atoms. The first-order valence-corrected chi connectivity index (χ1v) is 6.40. The molecule has 0 aliphatic carbocycles. The van der Waals surface area contributed by atoms with Crippen molar-refractivity contribution in [2.24, 2.45) is 0 Å². The average Bonchev–Trinajstić information content (AvgIpc) is 2.76. The van der Waals surface area contributed by atoms with E-state index in [4.69, 9.17) is 5.26 Å². The van der Waals surface area contributed by atoms with Crippen molar-refractivity contribution in [2.75, 3.05) is 0 Å². The molecule has 1 aromatic rings. The van der Waals surface area contributed by atoms with E-state index in [1.165, 1.54) is 17.7 Å². The fraction of sp³-hybridized carbons (Fsp3) is 0.583. The van der Waals surface area contributed by atoms with Crippen LogP contribution < -0.4 is 5.32 Å². The van der Waals surface area contributed by atoms with Crippen LogP contribution in [-0.4, -0.2) is 6.04 Å².